The smallest absolute Gasteiger partial charge is 0.221 e. The highest BCUT2D eigenvalue weighted by Crippen LogP contribution is 2.25. The summed E-state index contributed by atoms with van der Waals surface area (Å²) in [6.45, 7) is 9.13. The number of rotatable bonds is 4. The fourth-order valence-corrected chi connectivity index (χ4v) is 1.89. The van der Waals surface area contributed by atoms with E-state index in [9.17, 15) is 5.11 Å². The summed E-state index contributed by atoms with van der Waals surface area (Å²) in [5.74, 6) is 0.713. The molecule has 0 fully saturated rings. The van der Waals surface area contributed by atoms with Crippen LogP contribution in [0.15, 0.2) is 30.5 Å². The van der Waals surface area contributed by atoms with E-state index in [0.717, 1.165) is 5.56 Å². The Morgan fingerprint density at radius 2 is 1.91 bits per heavy atom. The average molecular weight is 315 g/mol. The topological polar surface area (TPSA) is 108 Å². The molecule has 0 amide bonds. The standard InChI is InChI=1S/C15H19N5O.C2H6/c1-9-4-5-10(13(16)15(2,3)21)11(8-9)19-12-6-7-18-14(17)20-12;1-2/h4-8,16,21H,1-3H3,(H3,17,18,19,20);1-2H3. The lowest BCUT2D eigenvalue weighted by molar-refractivity contribution is 0.153. The van der Waals surface area contributed by atoms with E-state index in [-0.39, 0.29) is 11.7 Å². The molecule has 0 atom stereocenters. The van der Waals surface area contributed by atoms with E-state index in [1.807, 2.05) is 39.0 Å². The molecular formula is C17H25N5O. The number of aliphatic hydroxyl groups is 1. The largest absolute Gasteiger partial charge is 0.384 e. The highest BCUT2D eigenvalue weighted by molar-refractivity contribution is 6.08. The fraction of sp³-hybridized carbons (Fsp3) is 0.353. The second kappa shape index (κ2) is 7.69. The van der Waals surface area contributed by atoms with Crippen LogP contribution >= 0.6 is 0 Å². The van der Waals surface area contributed by atoms with Gasteiger partial charge < -0.3 is 21.6 Å². The quantitative estimate of drug-likeness (QED) is 0.648. The Morgan fingerprint density at radius 1 is 1.26 bits per heavy atom. The monoisotopic (exact) mass is 315 g/mol. The van der Waals surface area contributed by atoms with Crippen molar-refractivity contribution in [3.63, 3.8) is 0 Å². The van der Waals surface area contributed by atoms with Crippen LogP contribution in [0.2, 0.25) is 0 Å². The van der Waals surface area contributed by atoms with Crippen LogP contribution in [0.4, 0.5) is 17.5 Å². The number of aromatic nitrogens is 2. The van der Waals surface area contributed by atoms with E-state index in [1.54, 1.807) is 26.1 Å². The Kier molecular flexibility index (Phi) is 6.21. The van der Waals surface area contributed by atoms with Gasteiger partial charge in [-0.05, 0) is 38.5 Å². The molecule has 0 aliphatic carbocycles. The molecule has 6 heteroatoms. The lowest BCUT2D eigenvalue weighted by atomic mass is 9.94. The Hall–Kier alpha value is -2.47. The molecule has 2 rings (SSSR count). The van der Waals surface area contributed by atoms with Gasteiger partial charge in [-0.1, -0.05) is 26.0 Å². The zero-order valence-corrected chi connectivity index (χ0v) is 14.3. The van der Waals surface area contributed by atoms with Gasteiger partial charge in [0.25, 0.3) is 0 Å². The van der Waals surface area contributed by atoms with E-state index in [2.05, 4.69) is 15.3 Å². The maximum absolute atomic E-state index is 10.0. The first-order valence-electron chi connectivity index (χ1n) is 7.55. The van der Waals surface area contributed by atoms with Gasteiger partial charge >= 0.3 is 0 Å². The van der Waals surface area contributed by atoms with Crippen molar-refractivity contribution in [1.82, 2.24) is 9.97 Å². The second-order valence-electron chi connectivity index (χ2n) is 5.41. The van der Waals surface area contributed by atoms with E-state index in [0.29, 0.717) is 17.1 Å². The van der Waals surface area contributed by atoms with Gasteiger partial charge in [-0.3, -0.25) is 0 Å². The maximum Gasteiger partial charge on any atom is 0.221 e. The van der Waals surface area contributed by atoms with Gasteiger partial charge in [0.05, 0.1) is 5.71 Å². The van der Waals surface area contributed by atoms with Crippen molar-refractivity contribution in [2.75, 3.05) is 11.1 Å². The van der Waals surface area contributed by atoms with Crippen LogP contribution in [0.3, 0.4) is 0 Å². The van der Waals surface area contributed by atoms with Crippen molar-refractivity contribution in [3.05, 3.63) is 41.6 Å². The van der Waals surface area contributed by atoms with Gasteiger partial charge in [-0.25, -0.2) is 4.98 Å². The minimum absolute atomic E-state index is 0.132. The molecule has 124 valence electrons. The summed E-state index contributed by atoms with van der Waals surface area (Å²) in [4.78, 5) is 7.92. The number of hydrogen-bond acceptors (Lipinski definition) is 6. The molecule has 0 aliphatic rings. The third-order valence-electron chi connectivity index (χ3n) is 2.99. The van der Waals surface area contributed by atoms with Crippen LogP contribution < -0.4 is 11.1 Å². The summed E-state index contributed by atoms with van der Waals surface area (Å²) in [5, 5.41) is 21.3. The number of anilines is 3. The molecular weight excluding hydrogens is 290 g/mol. The molecule has 0 aliphatic heterocycles. The van der Waals surface area contributed by atoms with Gasteiger partial charge in [0.1, 0.15) is 11.4 Å². The molecule has 0 saturated carbocycles. The van der Waals surface area contributed by atoms with E-state index >= 15 is 0 Å². The molecule has 1 heterocycles. The molecule has 0 unspecified atom stereocenters. The minimum Gasteiger partial charge on any atom is -0.384 e. The SMILES string of the molecule is CC.Cc1ccc(C(=N)C(C)(C)O)c(Nc2ccnc(N)n2)c1. The summed E-state index contributed by atoms with van der Waals surface area (Å²) in [6, 6.07) is 7.29. The fourth-order valence-electron chi connectivity index (χ4n) is 1.89. The molecule has 0 bridgehead atoms. The molecule has 0 saturated heterocycles. The molecule has 5 N–H and O–H groups in total. The van der Waals surface area contributed by atoms with Crippen LogP contribution in [-0.2, 0) is 0 Å². The number of nitrogens with two attached hydrogens (primary N) is 1. The predicted octanol–water partition coefficient (Wildman–Crippen LogP) is 3.28. The summed E-state index contributed by atoms with van der Waals surface area (Å²) < 4.78 is 0. The highest BCUT2D eigenvalue weighted by Gasteiger charge is 2.23. The van der Waals surface area contributed by atoms with Crippen molar-refractivity contribution in [2.45, 2.75) is 40.2 Å². The summed E-state index contributed by atoms with van der Waals surface area (Å²) in [6.07, 6.45) is 1.56. The van der Waals surface area contributed by atoms with E-state index < -0.39 is 5.60 Å². The van der Waals surface area contributed by atoms with Gasteiger partial charge in [0.2, 0.25) is 5.95 Å². The Balaban J connectivity index is 0.00000127. The predicted molar refractivity (Wildman–Crippen MR) is 95.4 cm³/mol. The first kappa shape index (κ1) is 18.6. The molecule has 0 spiro atoms. The molecule has 1 aromatic carbocycles. The number of nitrogens with zero attached hydrogens (tertiary/aromatic N) is 2. The molecule has 2 aromatic rings. The Labute approximate surface area is 137 Å². The van der Waals surface area contributed by atoms with Crippen LogP contribution in [0.5, 0.6) is 0 Å². The maximum atomic E-state index is 10.0. The summed E-state index contributed by atoms with van der Waals surface area (Å²) in [5.41, 5.74) is 6.82. The van der Waals surface area contributed by atoms with Gasteiger partial charge in [-0.15, -0.1) is 0 Å². The zero-order chi connectivity index (χ0) is 17.6. The molecule has 0 radical (unpaired) electrons. The number of nitrogen functional groups attached to an aromatic ring is 1. The number of benzene rings is 1. The van der Waals surface area contributed by atoms with Crippen LogP contribution in [0.25, 0.3) is 0 Å². The number of hydrogen-bond donors (Lipinski definition) is 4. The molecule has 6 nitrogen and oxygen atoms in total. The van der Waals surface area contributed by atoms with Gasteiger partial charge in [0.15, 0.2) is 0 Å². The van der Waals surface area contributed by atoms with E-state index in [1.165, 1.54) is 0 Å². The second-order valence-corrected chi connectivity index (χ2v) is 5.41. The summed E-state index contributed by atoms with van der Waals surface area (Å²) in [7, 11) is 0. The van der Waals surface area contributed by atoms with Crippen LogP contribution in [-0.4, -0.2) is 26.4 Å². The molecule has 23 heavy (non-hydrogen) atoms. The zero-order valence-electron chi connectivity index (χ0n) is 14.3. The lowest BCUT2D eigenvalue weighted by Gasteiger charge is -2.21. The third-order valence-corrected chi connectivity index (χ3v) is 2.99. The van der Waals surface area contributed by atoms with E-state index in [4.69, 9.17) is 11.1 Å². The normalized spacial score (nSPS) is 10.5. The Bertz CT molecular complexity index is 677. The minimum atomic E-state index is -1.23. The average Bonchev–Trinajstić information content (AvgIpc) is 2.48. The van der Waals surface area contributed by atoms with Gasteiger partial charge in [0, 0.05) is 17.4 Å². The van der Waals surface area contributed by atoms with Gasteiger partial charge in [-0.2, -0.15) is 4.98 Å². The van der Waals surface area contributed by atoms with Crippen molar-refractivity contribution in [3.8, 4) is 0 Å². The number of nitrogens with one attached hydrogen (secondary N) is 2. The lowest BCUT2D eigenvalue weighted by Crippen LogP contribution is -2.31. The first-order valence-corrected chi connectivity index (χ1v) is 7.55. The van der Waals surface area contributed by atoms with Crippen molar-refractivity contribution in [1.29, 1.82) is 5.41 Å². The van der Waals surface area contributed by atoms with Crippen LogP contribution in [0, 0.1) is 12.3 Å². The van der Waals surface area contributed by atoms with Crippen molar-refractivity contribution < 1.29 is 5.11 Å². The van der Waals surface area contributed by atoms with Crippen molar-refractivity contribution in [2.24, 2.45) is 0 Å². The number of aryl methyl sites for hydroxylation is 1. The summed E-state index contributed by atoms with van der Waals surface area (Å²) >= 11 is 0. The van der Waals surface area contributed by atoms with Crippen LogP contribution in [0.1, 0.15) is 38.8 Å². The Morgan fingerprint density at radius 3 is 2.48 bits per heavy atom. The first-order chi connectivity index (χ1) is 10.8. The highest BCUT2D eigenvalue weighted by atomic mass is 16.3. The molecule has 1 aromatic heterocycles. The van der Waals surface area contributed by atoms with Crippen molar-refractivity contribution >= 4 is 23.2 Å². The third kappa shape index (κ3) is 5.03.